The van der Waals surface area contributed by atoms with Crippen molar-refractivity contribution in [2.24, 2.45) is 17.6 Å². The van der Waals surface area contributed by atoms with Gasteiger partial charge in [-0.05, 0) is 24.7 Å². The molecule has 5 nitrogen and oxygen atoms in total. The van der Waals surface area contributed by atoms with Gasteiger partial charge in [0.05, 0.1) is 0 Å². The molecule has 1 fully saturated rings. The van der Waals surface area contributed by atoms with Crippen LogP contribution in [0.4, 0.5) is 0 Å². The fraction of sp³-hybridized carbons (Fsp3) is 0.857. The maximum atomic E-state index is 11.9. The molecule has 5 heteroatoms. The minimum atomic E-state index is -0.932. The van der Waals surface area contributed by atoms with E-state index in [1.165, 1.54) is 0 Å². The number of nitrogens with two attached hydrogens (primary N) is 1. The Morgan fingerprint density at radius 2 is 1.84 bits per heavy atom. The number of hydrogen-bond donors (Lipinski definition) is 3. The number of carboxylic acids is 1. The summed E-state index contributed by atoms with van der Waals surface area (Å²) in [5, 5.41) is 11.9. The highest BCUT2D eigenvalue weighted by atomic mass is 16.4. The van der Waals surface area contributed by atoms with E-state index in [-0.39, 0.29) is 30.2 Å². The van der Waals surface area contributed by atoms with Gasteiger partial charge in [-0.3, -0.25) is 4.79 Å². The molecule has 0 aliphatic heterocycles. The molecular weight excluding hydrogens is 244 g/mol. The molecule has 0 aromatic heterocycles. The van der Waals surface area contributed by atoms with E-state index >= 15 is 0 Å². The number of carbonyl (C=O) groups excluding carboxylic acids is 1. The molecule has 0 aromatic carbocycles. The molecular formula is C14H26N2O3. The molecule has 1 rings (SSSR count). The lowest BCUT2D eigenvalue weighted by Crippen LogP contribution is -2.48. The van der Waals surface area contributed by atoms with Gasteiger partial charge in [-0.25, -0.2) is 4.79 Å². The van der Waals surface area contributed by atoms with Crippen molar-refractivity contribution in [1.82, 2.24) is 5.32 Å². The quantitative estimate of drug-likeness (QED) is 0.682. The number of aliphatic carboxylic acids is 1. The summed E-state index contributed by atoms with van der Waals surface area (Å²) < 4.78 is 0. The van der Waals surface area contributed by atoms with Crippen LogP contribution in [0.3, 0.4) is 0 Å². The van der Waals surface area contributed by atoms with E-state index in [0.29, 0.717) is 0 Å². The molecule has 1 saturated carbocycles. The second-order valence-electron chi connectivity index (χ2n) is 5.89. The molecule has 1 aliphatic rings. The molecule has 0 aromatic rings. The zero-order valence-corrected chi connectivity index (χ0v) is 11.9. The van der Waals surface area contributed by atoms with Crippen LogP contribution < -0.4 is 11.1 Å². The van der Waals surface area contributed by atoms with Gasteiger partial charge in [-0.2, -0.15) is 0 Å². The lowest BCUT2D eigenvalue weighted by Gasteiger charge is -2.28. The van der Waals surface area contributed by atoms with Gasteiger partial charge in [0, 0.05) is 12.5 Å². The lowest BCUT2D eigenvalue weighted by atomic mass is 9.83. The van der Waals surface area contributed by atoms with Crippen molar-refractivity contribution >= 4 is 11.9 Å². The SMILES string of the molecule is CC(C)C(N)CC(=O)NC(C(=O)O)C1CCCCC1. The Morgan fingerprint density at radius 3 is 2.32 bits per heavy atom. The van der Waals surface area contributed by atoms with Gasteiger partial charge >= 0.3 is 5.97 Å². The molecule has 19 heavy (non-hydrogen) atoms. The fourth-order valence-corrected chi connectivity index (χ4v) is 2.53. The molecule has 2 unspecified atom stereocenters. The summed E-state index contributed by atoms with van der Waals surface area (Å²) in [5.74, 6) is -0.910. The van der Waals surface area contributed by atoms with E-state index in [9.17, 15) is 14.7 Å². The highest BCUT2D eigenvalue weighted by Crippen LogP contribution is 2.26. The van der Waals surface area contributed by atoms with Crippen LogP contribution in [0, 0.1) is 11.8 Å². The van der Waals surface area contributed by atoms with Crippen molar-refractivity contribution in [3.05, 3.63) is 0 Å². The smallest absolute Gasteiger partial charge is 0.326 e. The number of carboxylic acid groups (broad SMARTS) is 1. The first-order valence-electron chi connectivity index (χ1n) is 7.19. The monoisotopic (exact) mass is 270 g/mol. The molecule has 0 spiro atoms. The van der Waals surface area contributed by atoms with Crippen molar-refractivity contribution in [3.63, 3.8) is 0 Å². The zero-order chi connectivity index (χ0) is 14.4. The van der Waals surface area contributed by atoms with Crippen LogP contribution in [0.1, 0.15) is 52.4 Å². The van der Waals surface area contributed by atoms with Gasteiger partial charge in [-0.15, -0.1) is 0 Å². The van der Waals surface area contributed by atoms with E-state index in [2.05, 4.69) is 5.32 Å². The maximum absolute atomic E-state index is 11.9. The Hall–Kier alpha value is -1.10. The van der Waals surface area contributed by atoms with Crippen LogP contribution in [0.25, 0.3) is 0 Å². The van der Waals surface area contributed by atoms with Crippen LogP contribution >= 0.6 is 0 Å². The van der Waals surface area contributed by atoms with Crippen molar-refractivity contribution in [1.29, 1.82) is 0 Å². The zero-order valence-electron chi connectivity index (χ0n) is 11.9. The molecule has 1 aliphatic carbocycles. The topological polar surface area (TPSA) is 92.4 Å². The normalized spacial score (nSPS) is 20.0. The van der Waals surface area contributed by atoms with Crippen molar-refractivity contribution in [2.45, 2.75) is 64.5 Å². The Morgan fingerprint density at radius 1 is 1.26 bits per heavy atom. The van der Waals surface area contributed by atoms with Crippen molar-refractivity contribution in [3.8, 4) is 0 Å². The fourth-order valence-electron chi connectivity index (χ4n) is 2.53. The molecule has 0 bridgehead atoms. The number of nitrogens with one attached hydrogen (secondary N) is 1. The van der Waals surface area contributed by atoms with Gasteiger partial charge in [-0.1, -0.05) is 33.1 Å². The average Bonchev–Trinajstić information content (AvgIpc) is 2.36. The van der Waals surface area contributed by atoms with Crippen LogP contribution in [0.5, 0.6) is 0 Å². The van der Waals surface area contributed by atoms with Crippen LogP contribution in [0.15, 0.2) is 0 Å². The minimum Gasteiger partial charge on any atom is -0.480 e. The molecule has 4 N–H and O–H groups in total. The van der Waals surface area contributed by atoms with Crippen molar-refractivity contribution < 1.29 is 14.7 Å². The summed E-state index contributed by atoms with van der Waals surface area (Å²) in [6, 6.07) is -0.979. The number of amides is 1. The summed E-state index contributed by atoms with van der Waals surface area (Å²) in [6.07, 6.45) is 5.22. The average molecular weight is 270 g/mol. The first kappa shape index (κ1) is 16.0. The molecule has 0 heterocycles. The summed E-state index contributed by atoms with van der Waals surface area (Å²) in [5.41, 5.74) is 5.84. The predicted molar refractivity (Wildman–Crippen MR) is 73.6 cm³/mol. The third-order valence-electron chi connectivity index (χ3n) is 3.98. The Bertz CT molecular complexity index is 312. The van der Waals surface area contributed by atoms with Crippen LogP contribution in [-0.4, -0.2) is 29.1 Å². The Balaban J connectivity index is 2.53. The van der Waals surface area contributed by atoms with Gasteiger partial charge in [0.15, 0.2) is 0 Å². The second-order valence-corrected chi connectivity index (χ2v) is 5.89. The first-order chi connectivity index (χ1) is 8.91. The first-order valence-corrected chi connectivity index (χ1v) is 7.19. The lowest BCUT2D eigenvalue weighted by molar-refractivity contribution is -0.144. The number of carbonyl (C=O) groups is 2. The van der Waals surface area contributed by atoms with Gasteiger partial charge in [0.1, 0.15) is 6.04 Å². The largest absolute Gasteiger partial charge is 0.480 e. The molecule has 1 amide bonds. The van der Waals surface area contributed by atoms with Gasteiger partial charge in [0.25, 0.3) is 0 Å². The van der Waals surface area contributed by atoms with E-state index in [1.807, 2.05) is 13.8 Å². The predicted octanol–water partition coefficient (Wildman–Crippen LogP) is 1.51. The second kappa shape index (κ2) is 7.48. The number of hydrogen-bond acceptors (Lipinski definition) is 3. The molecule has 2 atom stereocenters. The van der Waals surface area contributed by atoms with Crippen LogP contribution in [-0.2, 0) is 9.59 Å². The van der Waals surface area contributed by atoms with Crippen LogP contribution in [0.2, 0.25) is 0 Å². The van der Waals surface area contributed by atoms with Gasteiger partial charge in [0.2, 0.25) is 5.91 Å². The summed E-state index contributed by atoms with van der Waals surface area (Å²) in [7, 11) is 0. The van der Waals surface area contributed by atoms with E-state index < -0.39 is 12.0 Å². The third-order valence-corrected chi connectivity index (χ3v) is 3.98. The molecule has 0 radical (unpaired) electrons. The van der Waals surface area contributed by atoms with E-state index in [0.717, 1.165) is 32.1 Å². The Kier molecular flexibility index (Phi) is 6.28. The minimum absolute atomic E-state index is 0.0606. The number of rotatable bonds is 6. The van der Waals surface area contributed by atoms with E-state index in [1.54, 1.807) is 0 Å². The van der Waals surface area contributed by atoms with Gasteiger partial charge < -0.3 is 16.2 Å². The summed E-state index contributed by atoms with van der Waals surface area (Å²) >= 11 is 0. The summed E-state index contributed by atoms with van der Waals surface area (Å²) in [6.45, 7) is 3.90. The highest BCUT2D eigenvalue weighted by molar-refractivity contribution is 5.84. The standard InChI is InChI=1S/C14H26N2O3/c1-9(2)11(15)8-12(17)16-13(14(18)19)10-6-4-3-5-7-10/h9-11,13H,3-8,15H2,1-2H3,(H,16,17)(H,18,19). The highest BCUT2D eigenvalue weighted by Gasteiger charge is 2.31. The van der Waals surface area contributed by atoms with Crippen molar-refractivity contribution in [2.75, 3.05) is 0 Å². The maximum Gasteiger partial charge on any atom is 0.326 e. The Labute approximate surface area is 114 Å². The third kappa shape index (κ3) is 5.19. The molecule has 0 saturated heterocycles. The summed E-state index contributed by atoms with van der Waals surface area (Å²) in [4.78, 5) is 23.2. The molecule has 110 valence electrons. The van der Waals surface area contributed by atoms with E-state index in [4.69, 9.17) is 5.73 Å².